The van der Waals surface area contributed by atoms with Crippen molar-refractivity contribution in [3.05, 3.63) is 72.0 Å². The van der Waals surface area contributed by atoms with Gasteiger partial charge in [-0.25, -0.2) is 13.4 Å². The molecule has 0 saturated carbocycles. The molecule has 1 saturated heterocycles. The minimum absolute atomic E-state index is 0.0658. The molecule has 1 fully saturated rings. The molecule has 0 unspecified atom stereocenters. The largest absolute Gasteiger partial charge is 0.493 e. The molecule has 2 heterocycles. The van der Waals surface area contributed by atoms with Gasteiger partial charge in [0, 0.05) is 49.0 Å². The first-order valence-corrected chi connectivity index (χ1v) is 13.5. The maximum Gasteiger partial charge on any atom is 0.243 e. The number of para-hydroxylation sites is 1. The van der Waals surface area contributed by atoms with Gasteiger partial charge in [0.25, 0.3) is 0 Å². The Hall–Kier alpha value is -3.60. The maximum atomic E-state index is 13.3. The second kappa shape index (κ2) is 10.4. The zero-order valence-corrected chi connectivity index (χ0v) is 22.0. The fraction of sp³-hybridized carbons (Fsp3) is 0.231. The van der Waals surface area contributed by atoms with E-state index in [1.165, 1.54) is 4.31 Å². The lowest BCUT2D eigenvalue weighted by molar-refractivity contribution is 0.356. The van der Waals surface area contributed by atoms with E-state index >= 15 is 0 Å². The number of hydrogen-bond donors (Lipinski definition) is 1. The van der Waals surface area contributed by atoms with Crippen LogP contribution >= 0.6 is 11.6 Å². The van der Waals surface area contributed by atoms with Gasteiger partial charge in [-0.3, -0.25) is 0 Å². The molecule has 4 aromatic rings. The van der Waals surface area contributed by atoms with Crippen LogP contribution in [0.2, 0.25) is 5.28 Å². The summed E-state index contributed by atoms with van der Waals surface area (Å²) in [5, 5.41) is 3.95. The SMILES string of the molecule is COc1cc2nc(Cl)nc(Nc3ccc(S(=O)(=O)N4CCN(c5ccccc5)CC4)cc3)c2cc1OC. The van der Waals surface area contributed by atoms with Crippen LogP contribution in [-0.4, -0.2) is 63.1 Å². The maximum absolute atomic E-state index is 13.3. The highest BCUT2D eigenvalue weighted by atomic mass is 35.5. The predicted molar refractivity (Wildman–Crippen MR) is 145 cm³/mol. The van der Waals surface area contributed by atoms with E-state index in [1.54, 1.807) is 50.6 Å². The van der Waals surface area contributed by atoms with Gasteiger partial charge in [-0.1, -0.05) is 18.2 Å². The topological polar surface area (TPSA) is 96.9 Å². The van der Waals surface area contributed by atoms with Crippen molar-refractivity contribution in [1.82, 2.24) is 14.3 Å². The summed E-state index contributed by atoms with van der Waals surface area (Å²) in [6.07, 6.45) is 0. The number of ether oxygens (including phenoxy) is 2. The first-order valence-electron chi connectivity index (χ1n) is 11.7. The molecule has 0 bridgehead atoms. The fourth-order valence-electron chi connectivity index (χ4n) is 4.34. The van der Waals surface area contributed by atoms with Crippen molar-refractivity contribution in [1.29, 1.82) is 0 Å². The van der Waals surface area contributed by atoms with E-state index in [9.17, 15) is 8.42 Å². The molecule has 0 aliphatic carbocycles. The number of benzene rings is 3. The van der Waals surface area contributed by atoms with Gasteiger partial charge in [-0.15, -0.1) is 0 Å². The predicted octanol–water partition coefficient (Wildman–Crippen LogP) is 4.55. The monoisotopic (exact) mass is 539 g/mol. The third-order valence-corrected chi connectivity index (χ3v) is 8.37. The van der Waals surface area contributed by atoms with Crippen LogP contribution in [0.25, 0.3) is 10.9 Å². The van der Waals surface area contributed by atoms with Crippen molar-refractivity contribution in [3.63, 3.8) is 0 Å². The highest BCUT2D eigenvalue weighted by Crippen LogP contribution is 2.35. The van der Waals surface area contributed by atoms with Gasteiger partial charge in [0.2, 0.25) is 15.3 Å². The van der Waals surface area contributed by atoms with Gasteiger partial charge >= 0.3 is 0 Å². The quantitative estimate of drug-likeness (QED) is 0.342. The van der Waals surface area contributed by atoms with E-state index in [1.807, 2.05) is 30.3 Å². The Morgan fingerprint density at radius 2 is 1.51 bits per heavy atom. The molecular formula is C26H26ClN5O4S. The first-order chi connectivity index (χ1) is 17.9. The lowest BCUT2D eigenvalue weighted by Gasteiger charge is -2.35. The Bertz CT molecular complexity index is 1510. The van der Waals surface area contributed by atoms with E-state index in [0.29, 0.717) is 60.1 Å². The van der Waals surface area contributed by atoms with Crippen LogP contribution in [0, 0.1) is 0 Å². The van der Waals surface area contributed by atoms with Crippen LogP contribution in [0.1, 0.15) is 0 Å². The van der Waals surface area contributed by atoms with Crippen LogP contribution in [0.4, 0.5) is 17.2 Å². The van der Waals surface area contributed by atoms with Gasteiger partial charge in [0.15, 0.2) is 11.5 Å². The molecule has 1 N–H and O–H groups in total. The van der Waals surface area contributed by atoms with Crippen LogP contribution < -0.4 is 19.7 Å². The van der Waals surface area contributed by atoms with Gasteiger partial charge in [0.05, 0.1) is 24.6 Å². The number of rotatable bonds is 7. The average molecular weight is 540 g/mol. The van der Waals surface area contributed by atoms with Gasteiger partial charge in [-0.05, 0) is 54.1 Å². The molecule has 11 heteroatoms. The summed E-state index contributed by atoms with van der Waals surface area (Å²) in [7, 11) is -0.518. The van der Waals surface area contributed by atoms with Crippen molar-refractivity contribution in [2.45, 2.75) is 4.90 Å². The number of hydrogen-bond acceptors (Lipinski definition) is 8. The highest BCUT2D eigenvalue weighted by molar-refractivity contribution is 7.89. The Labute approximate surface area is 220 Å². The van der Waals surface area contributed by atoms with Crippen molar-refractivity contribution < 1.29 is 17.9 Å². The molecule has 1 aliphatic rings. The van der Waals surface area contributed by atoms with E-state index in [-0.39, 0.29) is 10.2 Å². The molecule has 37 heavy (non-hydrogen) atoms. The Kier molecular flexibility index (Phi) is 7.05. The second-order valence-electron chi connectivity index (χ2n) is 8.44. The molecule has 0 spiro atoms. The number of methoxy groups -OCH3 is 2. The lowest BCUT2D eigenvalue weighted by atomic mass is 10.2. The molecule has 192 valence electrons. The lowest BCUT2D eigenvalue weighted by Crippen LogP contribution is -2.48. The summed E-state index contributed by atoms with van der Waals surface area (Å²) in [6, 6.07) is 20.1. The van der Waals surface area contributed by atoms with Crippen molar-refractivity contribution in [2.24, 2.45) is 0 Å². The molecule has 0 radical (unpaired) electrons. The van der Waals surface area contributed by atoms with E-state index in [2.05, 4.69) is 20.2 Å². The van der Waals surface area contributed by atoms with E-state index in [0.717, 1.165) is 5.69 Å². The third kappa shape index (κ3) is 5.13. The summed E-state index contributed by atoms with van der Waals surface area (Å²) >= 11 is 6.16. The van der Waals surface area contributed by atoms with E-state index in [4.69, 9.17) is 21.1 Å². The summed E-state index contributed by atoms with van der Waals surface area (Å²) < 4.78 is 38.8. The molecular weight excluding hydrogens is 514 g/mol. The van der Waals surface area contributed by atoms with Crippen molar-refractivity contribution in [2.75, 3.05) is 50.6 Å². The number of piperazine rings is 1. The van der Waals surface area contributed by atoms with Crippen LogP contribution in [-0.2, 0) is 10.0 Å². The van der Waals surface area contributed by atoms with Gasteiger partial charge in [0.1, 0.15) is 5.82 Å². The van der Waals surface area contributed by atoms with Crippen molar-refractivity contribution in [3.8, 4) is 11.5 Å². The smallest absolute Gasteiger partial charge is 0.243 e. The number of nitrogens with one attached hydrogen (secondary N) is 1. The van der Waals surface area contributed by atoms with Crippen LogP contribution in [0.15, 0.2) is 71.6 Å². The molecule has 1 aliphatic heterocycles. The van der Waals surface area contributed by atoms with Gasteiger partial charge in [-0.2, -0.15) is 9.29 Å². The molecule has 0 atom stereocenters. The minimum Gasteiger partial charge on any atom is -0.493 e. The van der Waals surface area contributed by atoms with Crippen molar-refractivity contribution >= 4 is 49.7 Å². The molecule has 1 aromatic heterocycles. The molecule has 9 nitrogen and oxygen atoms in total. The molecule has 0 amide bonds. The Balaban J connectivity index is 1.34. The van der Waals surface area contributed by atoms with E-state index < -0.39 is 10.0 Å². The Morgan fingerprint density at radius 1 is 0.865 bits per heavy atom. The third-order valence-electron chi connectivity index (χ3n) is 6.29. The summed E-state index contributed by atoms with van der Waals surface area (Å²) in [4.78, 5) is 11.0. The summed E-state index contributed by atoms with van der Waals surface area (Å²) in [5.41, 5.74) is 2.33. The zero-order valence-electron chi connectivity index (χ0n) is 20.4. The standard InChI is InChI=1S/C26H26ClN5O4S/c1-35-23-16-21-22(17-24(23)36-2)29-26(27)30-25(21)28-18-8-10-20(11-9-18)37(33,34)32-14-12-31(13-15-32)19-6-4-3-5-7-19/h3-11,16-17H,12-15H2,1-2H3,(H,28,29,30). The first kappa shape index (κ1) is 25.1. The Morgan fingerprint density at radius 3 is 2.16 bits per heavy atom. The zero-order chi connectivity index (χ0) is 26.0. The average Bonchev–Trinajstić information content (AvgIpc) is 2.93. The minimum atomic E-state index is -3.61. The number of nitrogens with zero attached hydrogens (tertiary/aromatic N) is 4. The molecule has 5 rings (SSSR count). The second-order valence-corrected chi connectivity index (χ2v) is 10.7. The number of halogens is 1. The molecule has 3 aromatic carbocycles. The van der Waals surface area contributed by atoms with Crippen LogP contribution in [0.5, 0.6) is 11.5 Å². The van der Waals surface area contributed by atoms with Gasteiger partial charge < -0.3 is 19.7 Å². The normalized spacial score (nSPS) is 14.5. The number of fused-ring (bicyclic) bond motifs is 1. The van der Waals surface area contributed by atoms with Crippen LogP contribution in [0.3, 0.4) is 0 Å². The highest BCUT2D eigenvalue weighted by Gasteiger charge is 2.28. The number of aromatic nitrogens is 2. The fourth-order valence-corrected chi connectivity index (χ4v) is 5.94. The summed E-state index contributed by atoms with van der Waals surface area (Å²) in [6.45, 7) is 2.12. The number of anilines is 3. The number of sulfonamides is 1. The summed E-state index contributed by atoms with van der Waals surface area (Å²) in [5.74, 6) is 1.51.